The quantitative estimate of drug-likeness (QED) is 0.539. The summed E-state index contributed by atoms with van der Waals surface area (Å²) in [6, 6.07) is 17.4. The van der Waals surface area contributed by atoms with Crippen LogP contribution in [-0.2, 0) is 16.6 Å². The van der Waals surface area contributed by atoms with Crippen LogP contribution in [0.2, 0.25) is 0 Å². The Labute approximate surface area is 177 Å². The zero-order valence-electron chi connectivity index (χ0n) is 15.4. The number of hydrogen-bond donors (Lipinski definition) is 2. The highest BCUT2D eigenvalue weighted by molar-refractivity contribution is 9.10. The second kappa shape index (κ2) is 9.06. The smallest absolute Gasteiger partial charge is 0.253 e. The van der Waals surface area contributed by atoms with Gasteiger partial charge in [0, 0.05) is 23.3 Å². The van der Waals surface area contributed by atoms with Crippen LogP contribution in [0.1, 0.15) is 15.9 Å². The number of nitrogens with one attached hydrogen (secondary N) is 2. The number of benzene rings is 2. The molecule has 0 spiro atoms. The molecule has 1 amide bonds. The summed E-state index contributed by atoms with van der Waals surface area (Å²) in [7, 11) is -3.41. The Morgan fingerprint density at radius 2 is 1.90 bits per heavy atom. The van der Waals surface area contributed by atoms with Gasteiger partial charge in [-0.05, 0) is 35.9 Å². The van der Waals surface area contributed by atoms with Crippen LogP contribution in [0, 0.1) is 0 Å². The zero-order chi connectivity index (χ0) is 20.9. The summed E-state index contributed by atoms with van der Waals surface area (Å²) < 4.78 is 31.9. The number of anilines is 1. The molecule has 1 heterocycles. The number of amides is 1. The van der Waals surface area contributed by atoms with Gasteiger partial charge in [-0.15, -0.1) is 0 Å². The van der Waals surface area contributed by atoms with E-state index in [1.807, 2.05) is 18.2 Å². The molecular formula is C20H18BrN3O4S. The molecule has 150 valence electrons. The van der Waals surface area contributed by atoms with Crippen molar-refractivity contribution >= 4 is 37.5 Å². The van der Waals surface area contributed by atoms with Gasteiger partial charge in [0.2, 0.25) is 15.9 Å². The number of sulfonamides is 1. The number of ether oxygens (including phenoxy) is 1. The van der Waals surface area contributed by atoms with Gasteiger partial charge in [-0.3, -0.25) is 9.52 Å². The van der Waals surface area contributed by atoms with Crippen molar-refractivity contribution in [3.8, 4) is 11.6 Å². The molecule has 0 saturated carbocycles. The number of pyridine rings is 1. The molecule has 7 nitrogen and oxygen atoms in total. The van der Waals surface area contributed by atoms with Crippen LogP contribution in [0.3, 0.4) is 0 Å². The Morgan fingerprint density at radius 1 is 1.10 bits per heavy atom. The number of halogens is 1. The van der Waals surface area contributed by atoms with E-state index in [0.717, 1.165) is 10.7 Å². The summed E-state index contributed by atoms with van der Waals surface area (Å²) in [4.78, 5) is 16.5. The van der Waals surface area contributed by atoms with E-state index in [1.165, 1.54) is 6.20 Å². The van der Waals surface area contributed by atoms with Gasteiger partial charge in [-0.1, -0.05) is 40.2 Å². The Balaban J connectivity index is 1.63. The summed E-state index contributed by atoms with van der Waals surface area (Å²) in [5, 5.41) is 2.76. The van der Waals surface area contributed by atoms with Crippen LogP contribution in [0.15, 0.2) is 71.3 Å². The molecule has 29 heavy (non-hydrogen) atoms. The summed E-state index contributed by atoms with van der Waals surface area (Å²) >= 11 is 3.37. The molecule has 0 aliphatic heterocycles. The predicted octanol–water partition coefficient (Wildman–Crippen LogP) is 3.94. The maximum atomic E-state index is 12.4. The molecule has 3 aromatic rings. The molecule has 0 bridgehead atoms. The van der Waals surface area contributed by atoms with Crippen LogP contribution in [0.5, 0.6) is 11.6 Å². The minimum absolute atomic E-state index is 0.161. The molecule has 0 atom stereocenters. The minimum atomic E-state index is -3.41. The van der Waals surface area contributed by atoms with E-state index in [0.29, 0.717) is 28.4 Å². The first-order valence-corrected chi connectivity index (χ1v) is 11.2. The third kappa shape index (κ3) is 6.30. The summed E-state index contributed by atoms with van der Waals surface area (Å²) in [5.74, 6) is 0.655. The Hall–Kier alpha value is -2.91. The highest BCUT2D eigenvalue weighted by Gasteiger charge is 2.10. The summed E-state index contributed by atoms with van der Waals surface area (Å²) in [6.07, 6.45) is 2.50. The van der Waals surface area contributed by atoms with Gasteiger partial charge in [0.25, 0.3) is 5.91 Å². The molecule has 9 heteroatoms. The van der Waals surface area contributed by atoms with E-state index in [9.17, 15) is 13.2 Å². The first kappa shape index (κ1) is 20.8. The molecule has 0 unspecified atom stereocenters. The predicted molar refractivity (Wildman–Crippen MR) is 115 cm³/mol. The van der Waals surface area contributed by atoms with E-state index >= 15 is 0 Å². The molecular weight excluding hydrogens is 458 g/mol. The van der Waals surface area contributed by atoms with Crippen molar-refractivity contribution in [3.63, 3.8) is 0 Å². The van der Waals surface area contributed by atoms with Crippen LogP contribution in [-0.4, -0.2) is 25.6 Å². The summed E-state index contributed by atoms with van der Waals surface area (Å²) in [6.45, 7) is 0.161. The lowest BCUT2D eigenvalue weighted by molar-refractivity contribution is 0.0950. The number of hydrogen-bond acceptors (Lipinski definition) is 5. The molecule has 1 aromatic heterocycles. The van der Waals surface area contributed by atoms with Gasteiger partial charge in [0.1, 0.15) is 5.75 Å². The summed E-state index contributed by atoms with van der Waals surface area (Å²) in [5.41, 5.74) is 1.43. The van der Waals surface area contributed by atoms with E-state index < -0.39 is 10.0 Å². The fourth-order valence-electron chi connectivity index (χ4n) is 2.48. The van der Waals surface area contributed by atoms with Crippen LogP contribution >= 0.6 is 15.9 Å². The zero-order valence-corrected chi connectivity index (χ0v) is 17.8. The van der Waals surface area contributed by atoms with Crippen LogP contribution in [0.4, 0.5) is 5.69 Å². The fourth-order valence-corrected chi connectivity index (χ4v) is 3.45. The van der Waals surface area contributed by atoms with Crippen molar-refractivity contribution in [2.45, 2.75) is 6.54 Å². The molecule has 0 aliphatic carbocycles. The van der Waals surface area contributed by atoms with Gasteiger partial charge in [-0.2, -0.15) is 0 Å². The van der Waals surface area contributed by atoms with Crippen molar-refractivity contribution in [1.82, 2.24) is 10.3 Å². The second-order valence-corrected chi connectivity index (χ2v) is 8.82. The standard InChI is InChI=1S/C20H18BrN3O4S/c1-29(26,27)24-18-8-3-2-5-14(18)12-23-20(25)15-9-10-19(22-13-15)28-17-7-4-6-16(21)11-17/h2-11,13,24H,12H2,1H3,(H,23,25). The molecule has 0 radical (unpaired) electrons. The Bertz CT molecular complexity index is 1120. The number of carbonyl (C=O) groups is 1. The maximum absolute atomic E-state index is 12.4. The maximum Gasteiger partial charge on any atom is 0.253 e. The highest BCUT2D eigenvalue weighted by Crippen LogP contribution is 2.23. The van der Waals surface area contributed by atoms with Crippen molar-refractivity contribution < 1.29 is 17.9 Å². The average molecular weight is 476 g/mol. The average Bonchev–Trinajstić information content (AvgIpc) is 2.66. The monoisotopic (exact) mass is 475 g/mol. The molecule has 0 saturated heterocycles. The third-order valence-corrected chi connectivity index (χ3v) is 4.85. The van der Waals surface area contributed by atoms with Crippen molar-refractivity contribution in [1.29, 1.82) is 0 Å². The number of aromatic nitrogens is 1. The van der Waals surface area contributed by atoms with Crippen LogP contribution < -0.4 is 14.8 Å². The first-order valence-electron chi connectivity index (χ1n) is 8.53. The number of carbonyl (C=O) groups excluding carboxylic acids is 1. The van der Waals surface area contributed by atoms with Gasteiger partial charge < -0.3 is 10.1 Å². The van der Waals surface area contributed by atoms with Gasteiger partial charge >= 0.3 is 0 Å². The van der Waals surface area contributed by atoms with E-state index in [2.05, 4.69) is 31.0 Å². The topological polar surface area (TPSA) is 97.4 Å². The van der Waals surface area contributed by atoms with Crippen molar-refractivity contribution in [2.75, 3.05) is 11.0 Å². The number of rotatable bonds is 7. The fraction of sp³-hybridized carbons (Fsp3) is 0.100. The first-order chi connectivity index (χ1) is 13.8. The normalized spacial score (nSPS) is 11.0. The molecule has 0 aliphatic rings. The molecule has 2 aromatic carbocycles. The van der Waals surface area contributed by atoms with E-state index in [4.69, 9.17) is 4.74 Å². The lowest BCUT2D eigenvalue weighted by Crippen LogP contribution is -2.24. The van der Waals surface area contributed by atoms with E-state index in [-0.39, 0.29) is 12.5 Å². The van der Waals surface area contributed by atoms with E-state index in [1.54, 1.807) is 42.5 Å². The molecule has 3 rings (SSSR count). The number of para-hydroxylation sites is 1. The Morgan fingerprint density at radius 3 is 2.59 bits per heavy atom. The van der Waals surface area contributed by atoms with Crippen molar-refractivity contribution in [2.24, 2.45) is 0 Å². The minimum Gasteiger partial charge on any atom is -0.439 e. The van der Waals surface area contributed by atoms with Crippen LogP contribution in [0.25, 0.3) is 0 Å². The SMILES string of the molecule is CS(=O)(=O)Nc1ccccc1CNC(=O)c1ccc(Oc2cccc(Br)c2)nc1. The number of nitrogens with zero attached hydrogens (tertiary/aromatic N) is 1. The largest absolute Gasteiger partial charge is 0.439 e. The van der Waals surface area contributed by atoms with Gasteiger partial charge in [0.15, 0.2) is 0 Å². The molecule has 0 fully saturated rings. The highest BCUT2D eigenvalue weighted by atomic mass is 79.9. The molecule has 2 N–H and O–H groups in total. The second-order valence-electron chi connectivity index (χ2n) is 6.16. The van der Waals surface area contributed by atoms with Crippen molar-refractivity contribution in [3.05, 3.63) is 82.5 Å². The van der Waals surface area contributed by atoms with Gasteiger partial charge in [-0.25, -0.2) is 13.4 Å². The third-order valence-electron chi connectivity index (χ3n) is 3.77. The Kier molecular flexibility index (Phi) is 6.50. The van der Waals surface area contributed by atoms with Gasteiger partial charge in [0.05, 0.1) is 17.5 Å². The lowest BCUT2D eigenvalue weighted by Gasteiger charge is -2.11. The lowest BCUT2D eigenvalue weighted by atomic mass is 10.2.